The van der Waals surface area contributed by atoms with E-state index in [2.05, 4.69) is 4.98 Å². The maximum absolute atomic E-state index is 6.23. The Bertz CT molecular complexity index is 597. The number of nitrogens with two attached hydrogens (primary N) is 1. The van der Waals surface area contributed by atoms with Gasteiger partial charge in [-0.2, -0.15) is 0 Å². The second-order valence-electron chi connectivity index (χ2n) is 4.64. The van der Waals surface area contributed by atoms with Crippen LogP contribution < -0.4 is 15.2 Å². The molecule has 0 spiro atoms. The van der Waals surface area contributed by atoms with E-state index in [1.165, 1.54) is 0 Å². The SMILES string of the molecule is COc1ccc2c(c1)OC(c1csc(C)n1)C[C@H]2N. The minimum atomic E-state index is -0.0699. The van der Waals surface area contributed by atoms with E-state index in [0.717, 1.165) is 34.2 Å². The summed E-state index contributed by atoms with van der Waals surface area (Å²) in [5, 5.41) is 3.08. The number of rotatable bonds is 2. The topological polar surface area (TPSA) is 57.4 Å². The second kappa shape index (κ2) is 4.83. The molecule has 0 bridgehead atoms. The molecule has 5 heteroatoms. The van der Waals surface area contributed by atoms with E-state index in [-0.39, 0.29) is 12.1 Å². The molecule has 0 saturated carbocycles. The summed E-state index contributed by atoms with van der Waals surface area (Å²) in [6, 6.07) is 5.75. The van der Waals surface area contributed by atoms with Crippen LogP contribution in [0.1, 0.15) is 34.8 Å². The van der Waals surface area contributed by atoms with E-state index in [1.54, 1.807) is 18.4 Å². The Morgan fingerprint density at radius 2 is 2.32 bits per heavy atom. The van der Waals surface area contributed by atoms with Gasteiger partial charge in [-0.05, 0) is 13.0 Å². The Balaban J connectivity index is 1.93. The number of hydrogen-bond donors (Lipinski definition) is 1. The van der Waals surface area contributed by atoms with Crippen molar-refractivity contribution in [2.45, 2.75) is 25.5 Å². The highest BCUT2D eigenvalue weighted by molar-refractivity contribution is 7.09. The van der Waals surface area contributed by atoms with Crippen LogP contribution >= 0.6 is 11.3 Å². The van der Waals surface area contributed by atoms with Crippen LogP contribution in [-0.4, -0.2) is 12.1 Å². The van der Waals surface area contributed by atoms with Gasteiger partial charge in [0.25, 0.3) is 0 Å². The van der Waals surface area contributed by atoms with Crippen LogP contribution in [-0.2, 0) is 0 Å². The number of methoxy groups -OCH3 is 1. The van der Waals surface area contributed by atoms with Gasteiger partial charge in [0.15, 0.2) is 0 Å². The van der Waals surface area contributed by atoms with Gasteiger partial charge < -0.3 is 15.2 Å². The van der Waals surface area contributed by atoms with Crippen molar-refractivity contribution in [2.24, 2.45) is 5.73 Å². The van der Waals surface area contributed by atoms with Gasteiger partial charge in [0, 0.05) is 29.5 Å². The lowest BCUT2D eigenvalue weighted by molar-refractivity contribution is 0.157. The second-order valence-corrected chi connectivity index (χ2v) is 5.71. The molecule has 4 nitrogen and oxygen atoms in total. The normalized spacial score (nSPS) is 21.6. The number of ether oxygens (including phenoxy) is 2. The van der Waals surface area contributed by atoms with Crippen LogP contribution in [0.5, 0.6) is 11.5 Å². The largest absolute Gasteiger partial charge is 0.497 e. The zero-order chi connectivity index (χ0) is 13.4. The number of hydrogen-bond acceptors (Lipinski definition) is 5. The molecule has 2 aromatic rings. The molecule has 100 valence electrons. The molecule has 1 aliphatic heterocycles. The van der Waals surface area contributed by atoms with Crippen molar-refractivity contribution >= 4 is 11.3 Å². The molecule has 0 saturated heterocycles. The first-order chi connectivity index (χ1) is 9.17. The fourth-order valence-corrected chi connectivity index (χ4v) is 2.97. The molecule has 0 aliphatic carbocycles. The Morgan fingerprint density at radius 1 is 1.47 bits per heavy atom. The zero-order valence-corrected chi connectivity index (χ0v) is 11.7. The average molecular weight is 276 g/mol. The molecular formula is C14H16N2O2S. The van der Waals surface area contributed by atoms with Crippen molar-refractivity contribution in [3.63, 3.8) is 0 Å². The molecule has 1 aliphatic rings. The first-order valence-electron chi connectivity index (χ1n) is 6.19. The Labute approximate surface area is 116 Å². The highest BCUT2D eigenvalue weighted by Gasteiger charge is 2.28. The van der Waals surface area contributed by atoms with Crippen LogP contribution in [0.15, 0.2) is 23.6 Å². The third-order valence-corrected chi connectivity index (χ3v) is 4.12. The lowest BCUT2D eigenvalue weighted by Gasteiger charge is -2.29. The molecule has 1 unspecified atom stereocenters. The van der Waals surface area contributed by atoms with Crippen LogP contribution in [0, 0.1) is 6.92 Å². The standard InChI is InChI=1S/C14H16N2O2S/c1-8-16-12(7-19-8)14-6-11(15)10-4-3-9(17-2)5-13(10)18-14/h3-5,7,11,14H,6,15H2,1-2H3/t11-,14?/m1/s1. The summed E-state index contributed by atoms with van der Waals surface area (Å²) in [6.45, 7) is 1.99. The molecule has 0 radical (unpaired) electrons. The summed E-state index contributed by atoms with van der Waals surface area (Å²) in [6.07, 6.45) is 0.683. The fraction of sp³-hybridized carbons (Fsp3) is 0.357. The first-order valence-corrected chi connectivity index (χ1v) is 7.07. The zero-order valence-electron chi connectivity index (χ0n) is 10.9. The third kappa shape index (κ3) is 2.31. The number of aromatic nitrogens is 1. The molecule has 2 atom stereocenters. The van der Waals surface area contributed by atoms with Crippen molar-refractivity contribution in [3.05, 3.63) is 39.8 Å². The van der Waals surface area contributed by atoms with Crippen LogP contribution in [0.2, 0.25) is 0 Å². The minimum Gasteiger partial charge on any atom is -0.497 e. The van der Waals surface area contributed by atoms with Gasteiger partial charge in [-0.25, -0.2) is 4.98 Å². The number of nitrogens with zero attached hydrogens (tertiary/aromatic N) is 1. The Kier molecular flexibility index (Phi) is 3.16. The van der Waals surface area contributed by atoms with Gasteiger partial charge >= 0.3 is 0 Å². The third-order valence-electron chi connectivity index (χ3n) is 3.32. The Morgan fingerprint density at radius 3 is 3.00 bits per heavy atom. The molecule has 0 amide bonds. The van der Waals surface area contributed by atoms with E-state index in [4.69, 9.17) is 15.2 Å². The van der Waals surface area contributed by atoms with Gasteiger partial charge in [-0.3, -0.25) is 0 Å². The number of aryl methyl sites for hydroxylation is 1. The van der Waals surface area contributed by atoms with Crippen LogP contribution in [0.4, 0.5) is 0 Å². The predicted octanol–water partition coefficient (Wildman–Crippen LogP) is 2.98. The number of fused-ring (bicyclic) bond motifs is 1. The minimum absolute atomic E-state index is 0.0262. The quantitative estimate of drug-likeness (QED) is 0.916. The highest BCUT2D eigenvalue weighted by Crippen LogP contribution is 2.41. The van der Waals surface area contributed by atoms with Crippen molar-refractivity contribution in [1.82, 2.24) is 4.98 Å². The smallest absolute Gasteiger partial charge is 0.143 e. The summed E-state index contributed by atoms with van der Waals surface area (Å²) < 4.78 is 11.3. The van der Waals surface area contributed by atoms with Gasteiger partial charge in [0.1, 0.15) is 17.6 Å². The molecule has 0 fully saturated rings. The molecule has 3 rings (SSSR count). The van der Waals surface area contributed by atoms with Gasteiger partial charge in [0.2, 0.25) is 0 Å². The molecule has 1 aromatic carbocycles. The number of benzene rings is 1. The van der Waals surface area contributed by atoms with E-state index in [9.17, 15) is 0 Å². The van der Waals surface area contributed by atoms with Gasteiger partial charge in [-0.15, -0.1) is 11.3 Å². The van der Waals surface area contributed by atoms with E-state index >= 15 is 0 Å². The predicted molar refractivity (Wildman–Crippen MR) is 74.8 cm³/mol. The summed E-state index contributed by atoms with van der Waals surface area (Å²) >= 11 is 1.63. The highest BCUT2D eigenvalue weighted by atomic mass is 32.1. The van der Waals surface area contributed by atoms with Crippen LogP contribution in [0.3, 0.4) is 0 Å². The Hall–Kier alpha value is -1.59. The summed E-state index contributed by atoms with van der Waals surface area (Å²) in [4.78, 5) is 4.49. The average Bonchev–Trinajstić information content (AvgIpc) is 2.84. The lowest BCUT2D eigenvalue weighted by atomic mass is 9.96. The molecular weight excluding hydrogens is 260 g/mol. The van der Waals surface area contributed by atoms with E-state index in [1.807, 2.05) is 30.5 Å². The van der Waals surface area contributed by atoms with Crippen LogP contribution in [0.25, 0.3) is 0 Å². The molecule has 1 aromatic heterocycles. The van der Waals surface area contributed by atoms with Gasteiger partial charge in [-0.1, -0.05) is 6.07 Å². The van der Waals surface area contributed by atoms with Gasteiger partial charge in [0.05, 0.1) is 17.8 Å². The van der Waals surface area contributed by atoms with Crippen molar-refractivity contribution in [3.8, 4) is 11.5 Å². The lowest BCUT2D eigenvalue weighted by Crippen LogP contribution is -2.24. The summed E-state index contributed by atoms with van der Waals surface area (Å²) in [5.74, 6) is 1.58. The first kappa shape index (κ1) is 12.4. The van der Waals surface area contributed by atoms with Crippen molar-refractivity contribution in [2.75, 3.05) is 7.11 Å². The maximum atomic E-state index is 6.23. The monoisotopic (exact) mass is 276 g/mol. The maximum Gasteiger partial charge on any atom is 0.143 e. The molecule has 19 heavy (non-hydrogen) atoms. The molecule has 2 N–H and O–H groups in total. The summed E-state index contributed by atoms with van der Waals surface area (Å²) in [5.41, 5.74) is 8.22. The summed E-state index contributed by atoms with van der Waals surface area (Å²) in [7, 11) is 1.64. The van der Waals surface area contributed by atoms with E-state index < -0.39 is 0 Å². The molecule has 2 heterocycles. The van der Waals surface area contributed by atoms with Crippen molar-refractivity contribution < 1.29 is 9.47 Å². The number of thiazole rings is 1. The fourth-order valence-electron chi connectivity index (χ4n) is 2.32. The van der Waals surface area contributed by atoms with Crippen molar-refractivity contribution in [1.29, 1.82) is 0 Å². The van der Waals surface area contributed by atoms with E-state index in [0.29, 0.717) is 0 Å².